The molecular formula is C12H14ClNO4. The number of halogens is 1. The maximum absolute atomic E-state index is 12.1. The van der Waals surface area contributed by atoms with Gasteiger partial charge in [0.2, 0.25) is 0 Å². The standard InChI is InChI=1S/C12H14ClNO4/c1-7-4-8(12(16)17)6-14(5-7)11(15)9-2-3-10(13)18-9/h2-3,7-8H,4-6H2,1H3,(H,16,17). The van der Waals surface area contributed by atoms with E-state index >= 15 is 0 Å². The molecule has 1 aliphatic rings. The summed E-state index contributed by atoms with van der Waals surface area (Å²) < 4.78 is 5.06. The molecule has 1 aromatic rings. The highest BCUT2D eigenvalue weighted by Gasteiger charge is 2.33. The maximum atomic E-state index is 12.1. The van der Waals surface area contributed by atoms with Crippen LogP contribution in [-0.4, -0.2) is 35.0 Å². The van der Waals surface area contributed by atoms with Crippen LogP contribution in [0, 0.1) is 11.8 Å². The summed E-state index contributed by atoms with van der Waals surface area (Å²) in [4.78, 5) is 24.6. The van der Waals surface area contributed by atoms with Crippen molar-refractivity contribution in [1.29, 1.82) is 0 Å². The van der Waals surface area contributed by atoms with Crippen LogP contribution in [0.1, 0.15) is 23.9 Å². The number of hydrogen-bond donors (Lipinski definition) is 1. The van der Waals surface area contributed by atoms with E-state index in [4.69, 9.17) is 21.1 Å². The number of amides is 1. The Balaban J connectivity index is 2.12. The molecule has 1 amide bonds. The lowest BCUT2D eigenvalue weighted by atomic mass is 9.90. The number of rotatable bonds is 2. The monoisotopic (exact) mass is 271 g/mol. The van der Waals surface area contributed by atoms with Gasteiger partial charge in [-0.3, -0.25) is 9.59 Å². The first kappa shape index (κ1) is 13.0. The Hall–Kier alpha value is -1.49. The fourth-order valence-electron chi connectivity index (χ4n) is 2.28. The third-order valence-electron chi connectivity index (χ3n) is 3.08. The van der Waals surface area contributed by atoms with Crippen molar-refractivity contribution >= 4 is 23.5 Å². The van der Waals surface area contributed by atoms with Crippen LogP contribution >= 0.6 is 11.6 Å². The number of hydrogen-bond acceptors (Lipinski definition) is 3. The van der Waals surface area contributed by atoms with Gasteiger partial charge in [0.1, 0.15) is 0 Å². The van der Waals surface area contributed by atoms with E-state index in [0.717, 1.165) is 0 Å². The molecule has 0 spiro atoms. The summed E-state index contributed by atoms with van der Waals surface area (Å²) in [6, 6.07) is 3.00. The predicted octanol–water partition coefficient (Wildman–Crippen LogP) is 2.12. The van der Waals surface area contributed by atoms with E-state index in [1.54, 1.807) is 0 Å². The molecule has 0 aliphatic carbocycles. The summed E-state index contributed by atoms with van der Waals surface area (Å²) in [6.07, 6.45) is 0.595. The van der Waals surface area contributed by atoms with Gasteiger partial charge >= 0.3 is 5.97 Å². The minimum absolute atomic E-state index is 0.151. The minimum atomic E-state index is -0.864. The molecule has 18 heavy (non-hydrogen) atoms. The van der Waals surface area contributed by atoms with Crippen molar-refractivity contribution in [2.45, 2.75) is 13.3 Å². The van der Waals surface area contributed by atoms with E-state index in [-0.39, 0.29) is 29.3 Å². The molecule has 2 unspecified atom stereocenters. The summed E-state index contributed by atoms with van der Waals surface area (Å²) >= 11 is 5.62. The van der Waals surface area contributed by atoms with E-state index in [9.17, 15) is 9.59 Å². The third kappa shape index (κ3) is 2.67. The average Bonchev–Trinajstić information content (AvgIpc) is 2.74. The summed E-state index contributed by atoms with van der Waals surface area (Å²) in [6.45, 7) is 2.70. The Morgan fingerprint density at radius 1 is 1.44 bits per heavy atom. The smallest absolute Gasteiger partial charge is 0.308 e. The topological polar surface area (TPSA) is 70.8 Å². The number of likely N-dealkylation sites (tertiary alicyclic amines) is 1. The number of carboxylic acids is 1. The Kier molecular flexibility index (Phi) is 3.61. The zero-order valence-corrected chi connectivity index (χ0v) is 10.7. The molecule has 5 nitrogen and oxygen atoms in total. The van der Waals surface area contributed by atoms with Crippen LogP contribution in [-0.2, 0) is 4.79 Å². The second-order valence-electron chi connectivity index (χ2n) is 4.69. The summed E-state index contributed by atoms with van der Waals surface area (Å²) in [5, 5.41) is 9.20. The molecule has 98 valence electrons. The van der Waals surface area contributed by atoms with Crippen LogP contribution in [0.25, 0.3) is 0 Å². The normalized spacial score (nSPS) is 24.0. The molecule has 1 aromatic heterocycles. The first-order valence-electron chi connectivity index (χ1n) is 5.74. The number of carbonyl (C=O) groups is 2. The largest absolute Gasteiger partial charge is 0.481 e. The van der Waals surface area contributed by atoms with E-state index in [2.05, 4.69) is 0 Å². The highest BCUT2D eigenvalue weighted by atomic mass is 35.5. The Labute approximate surface area is 109 Å². The lowest BCUT2D eigenvalue weighted by Crippen LogP contribution is -2.45. The van der Waals surface area contributed by atoms with Gasteiger partial charge in [-0.05, 0) is 36.1 Å². The molecule has 1 saturated heterocycles. The van der Waals surface area contributed by atoms with Gasteiger partial charge in [0.25, 0.3) is 5.91 Å². The molecule has 2 rings (SSSR count). The number of aliphatic carboxylic acids is 1. The van der Waals surface area contributed by atoms with Crippen LogP contribution in [0.2, 0.25) is 5.22 Å². The van der Waals surface area contributed by atoms with Crippen LogP contribution in [0.5, 0.6) is 0 Å². The SMILES string of the molecule is CC1CC(C(=O)O)CN(C(=O)c2ccc(Cl)o2)C1. The zero-order valence-electron chi connectivity index (χ0n) is 9.93. The number of piperidine rings is 1. The fourth-order valence-corrected chi connectivity index (χ4v) is 2.43. The number of nitrogens with zero attached hydrogens (tertiary/aromatic N) is 1. The van der Waals surface area contributed by atoms with Crippen LogP contribution in [0.3, 0.4) is 0 Å². The second-order valence-corrected chi connectivity index (χ2v) is 5.06. The van der Waals surface area contributed by atoms with E-state index < -0.39 is 11.9 Å². The van der Waals surface area contributed by atoms with E-state index in [1.165, 1.54) is 17.0 Å². The lowest BCUT2D eigenvalue weighted by Gasteiger charge is -2.34. The highest BCUT2D eigenvalue weighted by molar-refractivity contribution is 6.29. The summed E-state index contributed by atoms with van der Waals surface area (Å²) in [5.41, 5.74) is 0. The average molecular weight is 272 g/mol. The molecule has 2 heterocycles. The van der Waals surface area contributed by atoms with Gasteiger partial charge in [-0.15, -0.1) is 0 Å². The predicted molar refractivity (Wildman–Crippen MR) is 64.5 cm³/mol. The first-order chi connectivity index (χ1) is 8.47. The van der Waals surface area contributed by atoms with Crippen molar-refractivity contribution in [3.8, 4) is 0 Å². The number of carboxylic acid groups (broad SMARTS) is 1. The second kappa shape index (κ2) is 5.02. The summed E-state index contributed by atoms with van der Waals surface area (Å²) in [7, 11) is 0. The van der Waals surface area contributed by atoms with Gasteiger partial charge in [-0.25, -0.2) is 0 Å². The molecule has 0 aromatic carbocycles. The van der Waals surface area contributed by atoms with Crippen molar-refractivity contribution < 1.29 is 19.1 Å². The molecule has 1 aliphatic heterocycles. The van der Waals surface area contributed by atoms with Gasteiger partial charge in [0, 0.05) is 13.1 Å². The van der Waals surface area contributed by atoms with Gasteiger partial charge in [-0.2, -0.15) is 0 Å². The number of carbonyl (C=O) groups excluding carboxylic acids is 1. The van der Waals surface area contributed by atoms with Crippen molar-refractivity contribution in [3.63, 3.8) is 0 Å². The quantitative estimate of drug-likeness (QED) is 0.894. The molecule has 6 heteroatoms. The molecule has 0 saturated carbocycles. The molecular weight excluding hydrogens is 258 g/mol. The van der Waals surface area contributed by atoms with Crippen LogP contribution in [0.4, 0.5) is 0 Å². The maximum Gasteiger partial charge on any atom is 0.308 e. The van der Waals surface area contributed by atoms with Gasteiger partial charge in [-0.1, -0.05) is 6.92 Å². The number of furan rings is 1. The van der Waals surface area contributed by atoms with Gasteiger partial charge in [0.05, 0.1) is 5.92 Å². The van der Waals surface area contributed by atoms with Crippen molar-refractivity contribution in [3.05, 3.63) is 23.1 Å². The van der Waals surface area contributed by atoms with E-state index in [1.807, 2.05) is 6.92 Å². The van der Waals surface area contributed by atoms with Crippen LogP contribution in [0.15, 0.2) is 16.5 Å². The van der Waals surface area contributed by atoms with Crippen molar-refractivity contribution in [1.82, 2.24) is 4.90 Å². The molecule has 1 N–H and O–H groups in total. The lowest BCUT2D eigenvalue weighted by molar-refractivity contribution is -0.143. The molecule has 2 atom stereocenters. The third-order valence-corrected chi connectivity index (χ3v) is 3.28. The van der Waals surface area contributed by atoms with Crippen LogP contribution < -0.4 is 0 Å². The Morgan fingerprint density at radius 2 is 2.17 bits per heavy atom. The Morgan fingerprint density at radius 3 is 2.72 bits per heavy atom. The highest BCUT2D eigenvalue weighted by Crippen LogP contribution is 2.24. The Bertz CT molecular complexity index is 470. The van der Waals surface area contributed by atoms with Gasteiger partial charge in [0.15, 0.2) is 11.0 Å². The van der Waals surface area contributed by atoms with E-state index in [0.29, 0.717) is 13.0 Å². The minimum Gasteiger partial charge on any atom is -0.481 e. The molecule has 0 radical (unpaired) electrons. The fraction of sp³-hybridized carbons (Fsp3) is 0.500. The van der Waals surface area contributed by atoms with Crippen molar-refractivity contribution in [2.24, 2.45) is 11.8 Å². The molecule has 0 bridgehead atoms. The first-order valence-corrected chi connectivity index (χ1v) is 6.12. The molecule has 1 fully saturated rings. The van der Waals surface area contributed by atoms with Gasteiger partial charge < -0.3 is 14.4 Å². The van der Waals surface area contributed by atoms with Crippen molar-refractivity contribution in [2.75, 3.05) is 13.1 Å². The summed E-state index contributed by atoms with van der Waals surface area (Å²) in [5.74, 6) is -1.37. The zero-order chi connectivity index (χ0) is 13.3.